The number of ether oxygens (including phenoxy) is 1. The third-order valence-electron chi connectivity index (χ3n) is 7.59. The monoisotopic (exact) mass is 540 g/mol. The fourth-order valence-electron chi connectivity index (χ4n) is 5.27. The van der Waals surface area contributed by atoms with Gasteiger partial charge >= 0.3 is 0 Å². The molecule has 6 heterocycles. The summed E-state index contributed by atoms with van der Waals surface area (Å²) < 4.78 is 5.59. The van der Waals surface area contributed by atoms with E-state index in [0.29, 0.717) is 37.6 Å². The summed E-state index contributed by atoms with van der Waals surface area (Å²) in [7, 11) is 4.33. The van der Waals surface area contributed by atoms with Gasteiger partial charge in [-0.1, -0.05) is 6.07 Å². The fourth-order valence-corrected chi connectivity index (χ4v) is 5.27. The van der Waals surface area contributed by atoms with Crippen molar-refractivity contribution in [2.75, 3.05) is 73.9 Å². The number of rotatable bonds is 8. The van der Waals surface area contributed by atoms with E-state index in [-0.39, 0.29) is 0 Å². The smallest absolute Gasteiger partial charge is 0.225 e. The molecule has 0 amide bonds. The first-order valence-electron chi connectivity index (χ1n) is 13.9. The average molecular weight is 541 g/mol. The molecule has 0 atom stereocenters. The molecule has 2 fully saturated rings. The Labute approximate surface area is 234 Å². The van der Waals surface area contributed by atoms with Crippen LogP contribution in [0, 0.1) is 0 Å². The minimum absolute atomic E-state index is 0.539. The van der Waals surface area contributed by atoms with Gasteiger partial charge in [-0.2, -0.15) is 4.98 Å². The molecular weight excluding hydrogens is 504 g/mol. The molecule has 0 saturated carbocycles. The van der Waals surface area contributed by atoms with Crippen LogP contribution in [0.4, 0.5) is 29.1 Å². The number of hydrogen-bond donors (Lipinski definition) is 2. The Morgan fingerprint density at radius 3 is 2.45 bits per heavy atom. The number of aromatic nitrogens is 5. The van der Waals surface area contributed by atoms with Crippen molar-refractivity contribution in [1.82, 2.24) is 29.8 Å². The maximum absolute atomic E-state index is 5.59. The van der Waals surface area contributed by atoms with Crippen molar-refractivity contribution in [3.63, 3.8) is 0 Å². The largest absolute Gasteiger partial charge is 0.378 e. The van der Waals surface area contributed by atoms with Crippen LogP contribution in [-0.2, 0) is 11.3 Å². The number of nitrogens with one attached hydrogen (secondary N) is 2. The summed E-state index contributed by atoms with van der Waals surface area (Å²) in [4.78, 5) is 30.4. The van der Waals surface area contributed by atoms with Crippen molar-refractivity contribution in [1.29, 1.82) is 0 Å². The maximum atomic E-state index is 5.59. The van der Waals surface area contributed by atoms with Crippen LogP contribution in [-0.4, -0.2) is 89.3 Å². The third kappa shape index (κ3) is 6.05. The van der Waals surface area contributed by atoms with Gasteiger partial charge in [-0.05, 0) is 57.3 Å². The van der Waals surface area contributed by atoms with Crippen LogP contribution in [0.15, 0.2) is 55.0 Å². The molecule has 11 nitrogen and oxygen atoms in total. The highest BCUT2D eigenvalue weighted by molar-refractivity contribution is 5.92. The summed E-state index contributed by atoms with van der Waals surface area (Å²) in [6.45, 7) is 5.51. The van der Waals surface area contributed by atoms with Crippen molar-refractivity contribution < 1.29 is 4.74 Å². The lowest BCUT2D eigenvalue weighted by Crippen LogP contribution is -2.42. The van der Waals surface area contributed by atoms with Gasteiger partial charge in [-0.15, -0.1) is 0 Å². The number of piperidine rings is 1. The van der Waals surface area contributed by atoms with Gasteiger partial charge in [0.25, 0.3) is 0 Å². The molecule has 0 bridgehead atoms. The van der Waals surface area contributed by atoms with Crippen LogP contribution in [0.1, 0.15) is 18.5 Å². The number of fused-ring (bicyclic) bond motifs is 1. The van der Waals surface area contributed by atoms with Crippen LogP contribution in [0.3, 0.4) is 0 Å². The molecule has 11 heteroatoms. The molecule has 0 spiro atoms. The molecule has 2 saturated heterocycles. The van der Waals surface area contributed by atoms with E-state index in [4.69, 9.17) is 14.7 Å². The number of hydrogen-bond acceptors (Lipinski definition) is 11. The molecule has 208 valence electrons. The van der Waals surface area contributed by atoms with Crippen molar-refractivity contribution in [2.45, 2.75) is 25.4 Å². The Morgan fingerprint density at radius 1 is 0.900 bits per heavy atom. The summed E-state index contributed by atoms with van der Waals surface area (Å²) in [5.74, 6) is 2.87. The predicted molar refractivity (Wildman–Crippen MR) is 158 cm³/mol. The van der Waals surface area contributed by atoms with Crippen molar-refractivity contribution in [3.05, 3.63) is 60.7 Å². The molecule has 0 aliphatic carbocycles. The molecule has 2 aliphatic rings. The first-order chi connectivity index (χ1) is 19.6. The van der Waals surface area contributed by atoms with Gasteiger partial charge in [0, 0.05) is 43.8 Å². The standard InChI is InChI=1S/C29H36N10O/c1-37(2)22-8-11-38(12-9-22)23-6-7-26(31-19-23)35-27-17-24-25(20-32-27)34-29(33-18-21-5-3-4-10-30-21)36-28(24)39-13-15-40-16-14-39/h3-7,10,17,19-20,22H,8-9,11-16,18H2,1-2H3,(H,31,32,35)(H,33,34,36). The van der Waals surface area contributed by atoms with Gasteiger partial charge in [0.1, 0.15) is 17.5 Å². The first-order valence-corrected chi connectivity index (χ1v) is 13.9. The van der Waals surface area contributed by atoms with Crippen LogP contribution in [0.2, 0.25) is 0 Å². The van der Waals surface area contributed by atoms with E-state index in [9.17, 15) is 0 Å². The Balaban J connectivity index is 1.20. The van der Waals surface area contributed by atoms with E-state index < -0.39 is 0 Å². The van der Waals surface area contributed by atoms with Crippen molar-refractivity contribution >= 4 is 40.0 Å². The van der Waals surface area contributed by atoms with Gasteiger partial charge in [0.05, 0.1) is 49.1 Å². The van der Waals surface area contributed by atoms with E-state index in [2.05, 4.69) is 60.4 Å². The van der Waals surface area contributed by atoms with E-state index in [1.165, 1.54) is 12.8 Å². The molecule has 0 aromatic carbocycles. The Hall–Kier alpha value is -4.09. The van der Waals surface area contributed by atoms with Crippen LogP contribution in [0.25, 0.3) is 10.9 Å². The summed E-state index contributed by atoms with van der Waals surface area (Å²) >= 11 is 0. The quantitative estimate of drug-likeness (QED) is 0.343. The lowest BCUT2D eigenvalue weighted by atomic mass is 10.0. The van der Waals surface area contributed by atoms with Crippen LogP contribution in [0.5, 0.6) is 0 Å². The summed E-state index contributed by atoms with van der Waals surface area (Å²) in [6, 6.07) is 12.7. The number of anilines is 5. The molecule has 4 aromatic heterocycles. The third-order valence-corrected chi connectivity index (χ3v) is 7.59. The highest BCUT2D eigenvalue weighted by Crippen LogP contribution is 2.29. The van der Waals surface area contributed by atoms with Gasteiger partial charge in [0.15, 0.2) is 0 Å². The zero-order valence-corrected chi connectivity index (χ0v) is 23.1. The second kappa shape index (κ2) is 12.0. The minimum atomic E-state index is 0.539. The van der Waals surface area contributed by atoms with Crippen LogP contribution >= 0.6 is 0 Å². The molecule has 40 heavy (non-hydrogen) atoms. The van der Waals surface area contributed by atoms with E-state index in [0.717, 1.165) is 60.1 Å². The number of pyridine rings is 3. The number of nitrogens with zero attached hydrogens (tertiary/aromatic N) is 8. The zero-order chi connectivity index (χ0) is 27.3. The molecule has 2 N–H and O–H groups in total. The summed E-state index contributed by atoms with van der Waals surface area (Å²) in [5.41, 5.74) is 2.85. The Kier molecular flexibility index (Phi) is 7.83. The topological polar surface area (TPSA) is 107 Å². The lowest BCUT2D eigenvalue weighted by Gasteiger charge is -2.36. The lowest BCUT2D eigenvalue weighted by molar-refractivity contribution is 0.122. The van der Waals surface area contributed by atoms with Gasteiger partial charge in [0.2, 0.25) is 5.95 Å². The maximum Gasteiger partial charge on any atom is 0.225 e. The average Bonchev–Trinajstić information content (AvgIpc) is 3.01. The van der Waals surface area contributed by atoms with Gasteiger partial charge < -0.3 is 30.1 Å². The van der Waals surface area contributed by atoms with E-state index in [1.54, 1.807) is 12.4 Å². The number of morpholine rings is 1. The zero-order valence-electron chi connectivity index (χ0n) is 23.1. The van der Waals surface area contributed by atoms with Crippen LogP contribution < -0.4 is 20.4 Å². The summed E-state index contributed by atoms with van der Waals surface area (Å²) in [6.07, 6.45) is 7.86. The molecule has 6 rings (SSSR count). The molecular formula is C29H36N10O. The molecule has 0 unspecified atom stereocenters. The normalized spacial score (nSPS) is 16.5. The Bertz CT molecular complexity index is 1400. The highest BCUT2D eigenvalue weighted by atomic mass is 16.5. The predicted octanol–water partition coefficient (Wildman–Crippen LogP) is 3.54. The Morgan fingerprint density at radius 2 is 1.73 bits per heavy atom. The second-order valence-electron chi connectivity index (χ2n) is 10.4. The summed E-state index contributed by atoms with van der Waals surface area (Å²) in [5, 5.41) is 7.63. The van der Waals surface area contributed by atoms with Crippen molar-refractivity contribution in [2.24, 2.45) is 0 Å². The van der Waals surface area contributed by atoms with Gasteiger partial charge in [-0.25, -0.2) is 15.0 Å². The SMILES string of the molecule is CN(C)C1CCN(c2ccc(Nc3cc4c(N5CCOCC5)nc(NCc5ccccn5)nc4cn3)nc2)CC1. The second-order valence-corrected chi connectivity index (χ2v) is 10.4. The molecule has 2 aliphatic heterocycles. The van der Waals surface area contributed by atoms with Gasteiger partial charge in [-0.3, -0.25) is 4.98 Å². The first kappa shape index (κ1) is 26.1. The van der Waals surface area contributed by atoms with E-state index >= 15 is 0 Å². The van der Waals surface area contributed by atoms with Crippen molar-refractivity contribution in [3.8, 4) is 0 Å². The minimum Gasteiger partial charge on any atom is -0.378 e. The van der Waals surface area contributed by atoms with E-state index in [1.807, 2.05) is 36.5 Å². The fraction of sp³-hybridized carbons (Fsp3) is 0.414. The highest BCUT2D eigenvalue weighted by Gasteiger charge is 2.21. The molecule has 0 radical (unpaired) electrons. The molecule has 4 aromatic rings.